The zero-order valence-corrected chi connectivity index (χ0v) is 13.9. The molecule has 0 aromatic heterocycles. The highest BCUT2D eigenvalue weighted by Gasteiger charge is 2.47. The molecule has 6 nitrogen and oxygen atoms in total. The summed E-state index contributed by atoms with van der Waals surface area (Å²) in [5.41, 5.74) is 1.06. The molecule has 1 fully saturated rings. The van der Waals surface area contributed by atoms with Crippen LogP contribution in [0.4, 0.5) is 0 Å². The SMILES string of the molecule is CO[C@H]1[C@H](OC)[C@H](OC(C)=O)O[C@@H](C)[C@H]1OCc1ccccc1. The van der Waals surface area contributed by atoms with Gasteiger partial charge in [-0.15, -0.1) is 0 Å². The van der Waals surface area contributed by atoms with Crippen molar-refractivity contribution < 1.29 is 28.5 Å². The standard InChI is InChI=1S/C17H24O6/c1-11-14(21-10-13-8-6-5-7-9-13)15(19-3)16(20-4)17(22-11)23-12(2)18/h5-9,11,14-17H,10H2,1-4H3/t11-,14+,15+,16-,17-/m0/s1. The summed E-state index contributed by atoms with van der Waals surface area (Å²) in [6, 6.07) is 9.86. The summed E-state index contributed by atoms with van der Waals surface area (Å²) in [6.45, 7) is 3.64. The maximum Gasteiger partial charge on any atom is 0.305 e. The molecular weight excluding hydrogens is 300 g/mol. The fourth-order valence-electron chi connectivity index (χ4n) is 2.74. The van der Waals surface area contributed by atoms with E-state index in [0.717, 1.165) is 5.56 Å². The quantitative estimate of drug-likeness (QED) is 0.745. The first-order chi connectivity index (χ1) is 11.1. The Bertz CT molecular complexity index is 491. The Morgan fingerprint density at radius 2 is 1.74 bits per heavy atom. The van der Waals surface area contributed by atoms with Gasteiger partial charge in [0.1, 0.15) is 18.3 Å². The Labute approximate surface area is 136 Å². The predicted octanol–water partition coefficient (Wildman–Crippen LogP) is 1.91. The average Bonchev–Trinajstić information content (AvgIpc) is 2.53. The first-order valence-corrected chi connectivity index (χ1v) is 7.60. The van der Waals surface area contributed by atoms with Gasteiger partial charge in [-0.2, -0.15) is 0 Å². The molecule has 1 aliphatic heterocycles. The minimum Gasteiger partial charge on any atom is -0.433 e. The second kappa shape index (κ2) is 8.40. The molecule has 0 unspecified atom stereocenters. The van der Waals surface area contributed by atoms with Crippen molar-refractivity contribution in [1.82, 2.24) is 0 Å². The number of hydrogen-bond acceptors (Lipinski definition) is 6. The molecular formula is C17H24O6. The van der Waals surface area contributed by atoms with Crippen LogP contribution in [0.3, 0.4) is 0 Å². The highest BCUT2D eigenvalue weighted by molar-refractivity contribution is 5.66. The molecule has 5 atom stereocenters. The maximum atomic E-state index is 11.2. The van der Waals surface area contributed by atoms with E-state index in [0.29, 0.717) is 6.61 Å². The van der Waals surface area contributed by atoms with Crippen molar-refractivity contribution in [2.24, 2.45) is 0 Å². The van der Waals surface area contributed by atoms with Gasteiger partial charge in [0.05, 0.1) is 12.7 Å². The van der Waals surface area contributed by atoms with E-state index in [9.17, 15) is 4.79 Å². The first-order valence-electron chi connectivity index (χ1n) is 7.60. The van der Waals surface area contributed by atoms with Gasteiger partial charge in [0.25, 0.3) is 0 Å². The average molecular weight is 324 g/mol. The van der Waals surface area contributed by atoms with E-state index in [2.05, 4.69) is 0 Å². The van der Waals surface area contributed by atoms with Crippen molar-refractivity contribution in [3.8, 4) is 0 Å². The van der Waals surface area contributed by atoms with Gasteiger partial charge in [0.15, 0.2) is 0 Å². The number of carbonyl (C=O) groups excluding carboxylic acids is 1. The largest absolute Gasteiger partial charge is 0.433 e. The van der Waals surface area contributed by atoms with E-state index in [1.807, 2.05) is 37.3 Å². The van der Waals surface area contributed by atoms with Gasteiger partial charge in [-0.3, -0.25) is 4.79 Å². The number of esters is 1. The summed E-state index contributed by atoms with van der Waals surface area (Å²) in [5, 5.41) is 0. The fourth-order valence-corrected chi connectivity index (χ4v) is 2.74. The van der Waals surface area contributed by atoms with Crippen LogP contribution in [0.1, 0.15) is 19.4 Å². The van der Waals surface area contributed by atoms with Crippen molar-refractivity contribution in [2.45, 2.75) is 51.2 Å². The molecule has 2 rings (SSSR count). The summed E-state index contributed by atoms with van der Waals surface area (Å²) >= 11 is 0. The third-order valence-corrected chi connectivity index (χ3v) is 3.84. The predicted molar refractivity (Wildman–Crippen MR) is 82.7 cm³/mol. The highest BCUT2D eigenvalue weighted by atomic mass is 16.7. The van der Waals surface area contributed by atoms with E-state index < -0.39 is 24.5 Å². The molecule has 128 valence electrons. The van der Waals surface area contributed by atoms with Gasteiger partial charge >= 0.3 is 5.97 Å². The van der Waals surface area contributed by atoms with Crippen LogP contribution in [-0.4, -0.2) is 50.9 Å². The van der Waals surface area contributed by atoms with Crippen molar-refractivity contribution >= 4 is 5.97 Å². The van der Waals surface area contributed by atoms with Crippen LogP contribution in [0, 0.1) is 0 Å². The molecule has 1 heterocycles. The lowest BCUT2D eigenvalue weighted by atomic mass is 9.99. The van der Waals surface area contributed by atoms with Gasteiger partial charge in [-0.05, 0) is 12.5 Å². The number of rotatable bonds is 6. The maximum absolute atomic E-state index is 11.2. The molecule has 0 saturated carbocycles. The molecule has 1 aliphatic rings. The summed E-state index contributed by atoms with van der Waals surface area (Å²) in [4.78, 5) is 11.2. The Morgan fingerprint density at radius 3 is 2.30 bits per heavy atom. The lowest BCUT2D eigenvalue weighted by Gasteiger charge is -2.43. The van der Waals surface area contributed by atoms with Crippen molar-refractivity contribution in [2.75, 3.05) is 14.2 Å². The normalized spacial score (nSPS) is 30.9. The molecule has 0 bridgehead atoms. The Hall–Kier alpha value is -1.47. The van der Waals surface area contributed by atoms with Crippen LogP contribution < -0.4 is 0 Å². The minimum absolute atomic E-state index is 0.306. The summed E-state index contributed by atoms with van der Waals surface area (Å²) < 4.78 is 27.9. The molecule has 1 aromatic carbocycles. The molecule has 0 amide bonds. The summed E-state index contributed by atoms with van der Waals surface area (Å²) in [5.74, 6) is -0.428. The third-order valence-electron chi connectivity index (χ3n) is 3.84. The van der Waals surface area contributed by atoms with Crippen LogP contribution in [-0.2, 0) is 35.1 Å². The molecule has 1 saturated heterocycles. The smallest absolute Gasteiger partial charge is 0.305 e. The molecule has 0 spiro atoms. The highest BCUT2D eigenvalue weighted by Crippen LogP contribution is 2.28. The van der Waals surface area contributed by atoms with Gasteiger partial charge < -0.3 is 23.7 Å². The van der Waals surface area contributed by atoms with Crippen LogP contribution >= 0.6 is 0 Å². The Kier molecular flexibility index (Phi) is 6.53. The van der Waals surface area contributed by atoms with Crippen LogP contribution in [0.5, 0.6) is 0 Å². The number of hydrogen-bond donors (Lipinski definition) is 0. The lowest BCUT2D eigenvalue weighted by molar-refractivity contribution is -0.300. The molecule has 0 aliphatic carbocycles. The monoisotopic (exact) mass is 324 g/mol. The number of methoxy groups -OCH3 is 2. The lowest BCUT2D eigenvalue weighted by Crippen LogP contribution is -2.59. The van der Waals surface area contributed by atoms with Crippen LogP contribution in [0.15, 0.2) is 30.3 Å². The Morgan fingerprint density at radius 1 is 1.09 bits per heavy atom. The molecule has 0 radical (unpaired) electrons. The molecule has 1 aromatic rings. The second-order valence-electron chi connectivity index (χ2n) is 5.48. The van der Waals surface area contributed by atoms with E-state index >= 15 is 0 Å². The van der Waals surface area contributed by atoms with Gasteiger partial charge in [-0.25, -0.2) is 0 Å². The second-order valence-corrected chi connectivity index (χ2v) is 5.48. The van der Waals surface area contributed by atoms with E-state index in [-0.39, 0.29) is 12.2 Å². The molecule has 0 N–H and O–H groups in total. The van der Waals surface area contributed by atoms with Crippen LogP contribution in [0.2, 0.25) is 0 Å². The zero-order chi connectivity index (χ0) is 16.8. The van der Waals surface area contributed by atoms with Crippen LogP contribution in [0.25, 0.3) is 0 Å². The molecule has 6 heteroatoms. The Balaban J connectivity index is 2.07. The number of carbonyl (C=O) groups is 1. The fraction of sp³-hybridized carbons (Fsp3) is 0.588. The first kappa shape index (κ1) is 17.9. The third kappa shape index (κ3) is 4.51. The van der Waals surface area contributed by atoms with Gasteiger partial charge in [0, 0.05) is 21.1 Å². The van der Waals surface area contributed by atoms with Gasteiger partial charge in [-0.1, -0.05) is 30.3 Å². The van der Waals surface area contributed by atoms with E-state index in [4.69, 9.17) is 23.7 Å². The van der Waals surface area contributed by atoms with Crippen molar-refractivity contribution in [1.29, 1.82) is 0 Å². The summed E-state index contributed by atoms with van der Waals surface area (Å²) in [7, 11) is 3.11. The van der Waals surface area contributed by atoms with Crippen molar-refractivity contribution in [3.63, 3.8) is 0 Å². The van der Waals surface area contributed by atoms with Crippen molar-refractivity contribution in [3.05, 3.63) is 35.9 Å². The minimum atomic E-state index is -0.811. The molecule has 23 heavy (non-hydrogen) atoms. The van der Waals surface area contributed by atoms with Gasteiger partial charge in [0.2, 0.25) is 6.29 Å². The zero-order valence-electron chi connectivity index (χ0n) is 13.9. The number of benzene rings is 1. The van der Waals surface area contributed by atoms with E-state index in [1.165, 1.54) is 14.0 Å². The topological polar surface area (TPSA) is 63.2 Å². The number of ether oxygens (including phenoxy) is 5. The summed E-state index contributed by atoms with van der Waals surface area (Å²) in [6.07, 6.45) is -2.41. The van der Waals surface area contributed by atoms with E-state index in [1.54, 1.807) is 7.11 Å².